The van der Waals surface area contributed by atoms with E-state index in [0.29, 0.717) is 0 Å². The van der Waals surface area contributed by atoms with Crippen LogP contribution >= 0.6 is 0 Å². The minimum Gasteiger partial charge on any atom is -0.370 e. The van der Waals surface area contributed by atoms with Gasteiger partial charge >= 0.3 is 0 Å². The minimum absolute atomic E-state index is 0.944. The van der Waals surface area contributed by atoms with Crippen LogP contribution in [0.2, 0.25) is 0 Å². The highest BCUT2D eigenvalue weighted by molar-refractivity contribution is 5.54. The number of aryl methyl sites for hydroxylation is 2. The first-order valence-electron chi connectivity index (χ1n) is 7.67. The number of benzene rings is 2. The molecule has 0 bridgehead atoms. The Morgan fingerprint density at radius 2 is 1.76 bits per heavy atom. The van der Waals surface area contributed by atoms with Crippen LogP contribution < -0.4 is 10.2 Å². The van der Waals surface area contributed by atoms with Crippen molar-refractivity contribution in [1.29, 1.82) is 0 Å². The van der Waals surface area contributed by atoms with E-state index < -0.39 is 0 Å². The molecule has 0 saturated heterocycles. The normalized spacial score (nSPS) is 10.7. The lowest BCUT2D eigenvalue weighted by atomic mass is 10.1. The predicted molar refractivity (Wildman–Crippen MR) is 91.8 cm³/mol. The Morgan fingerprint density at radius 3 is 2.43 bits per heavy atom. The lowest BCUT2D eigenvalue weighted by Gasteiger charge is -2.23. The van der Waals surface area contributed by atoms with E-state index in [9.17, 15) is 0 Å². The van der Waals surface area contributed by atoms with Crippen molar-refractivity contribution in [2.75, 3.05) is 18.5 Å². The Hall–Kier alpha value is -1.80. The van der Waals surface area contributed by atoms with Gasteiger partial charge in [-0.05, 0) is 48.7 Å². The third-order valence-electron chi connectivity index (χ3n) is 3.92. The standard InChI is InChI=1S/C19H26N2/c1-5-20-13-17-10-11-19(16(3)12-17)21(4)14-18-9-7-6-8-15(18)2/h6-12,20H,5,13-14H2,1-4H3. The largest absolute Gasteiger partial charge is 0.370 e. The van der Waals surface area contributed by atoms with Crippen molar-refractivity contribution in [3.05, 3.63) is 64.7 Å². The maximum atomic E-state index is 3.37. The summed E-state index contributed by atoms with van der Waals surface area (Å²) >= 11 is 0. The molecule has 0 aliphatic carbocycles. The Morgan fingerprint density at radius 1 is 1.00 bits per heavy atom. The summed E-state index contributed by atoms with van der Waals surface area (Å²) in [6.07, 6.45) is 0. The van der Waals surface area contributed by atoms with Gasteiger partial charge in [-0.15, -0.1) is 0 Å². The Kier molecular flexibility index (Phi) is 5.40. The van der Waals surface area contributed by atoms with Crippen molar-refractivity contribution in [1.82, 2.24) is 5.32 Å². The fourth-order valence-electron chi connectivity index (χ4n) is 2.65. The van der Waals surface area contributed by atoms with Gasteiger partial charge in [0.25, 0.3) is 0 Å². The van der Waals surface area contributed by atoms with Crippen molar-refractivity contribution in [2.45, 2.75) is 33.9 Å². The SMILES string of the molecule is CCNCc1ccc(N(C)Cc2ccccc2C)c(C)c1. The van der Waals surface area contributed by atoms with Crippen molar-refractivity contribution >= 4 is 5.69 Å². The van der Waals surface area contributed by atoms with Crippen molar-refractivity contribution in [2.24, 2.45) is 0 Å². The fraction of sp³-hybridized carbons (Fsp3) is 0.368. The molecular formula is C19H26N2. The van der Waals surface area contributed by atoms with Crippen LogP contribution in [-0.2, 0) is 13.1 Å². The van der Waals surface area contributed by atoms with Gasteiger partial charge in [0.2, 0.25) is 0 Å². The van der Waals surface area contributed by atoms with Crippen LogP contribution in [0.4, 0.5) is 5.69 Å². The fourth-order valence-corrected chi connectivity index (χ4v) is 2.65. The van der Waals surface area contributed by atoms with Crippen LogP contribution in [0.3, 0.4) is 0 Å². The maximum absolute atomic E-state index is 3.37. The van der Waals surface area contributed by atoms with Gasteiger partial charge < -0.3 is 10.2 Å². The molecule has 2 aromatic rings. The molecule has 0 saturated carbocycles. The molecule has 0 aliphatic heterocycles. The first-order valence-corrected chi connectivity index (χ1v) is 7.67. The monoisotopic (exact) mass is 282 g/mol. The first-order chi connectivity index (χ1) is 10.1. The third-order valence-corrected chi connectivity index (χ3v) is 3.92. The Labute approximate surface area is 128 Å². The second-order valence-electron chi connectivity index (χ2n) is 5.68. The van der Waals surface area contributed by atoms with E-state index >= 15 is 0 Å². The molecule has 0 aliphatic rings. The predicted octanol–water partition coefficient (Wildman–Crippen LogP) is 4.05. The molecule has 0 heterocycles. The molecule has 21 heavy (non-hydrogen) atoms. The van der Waals surface area contributed by atoms with E-state index in [1.165, 1.54) is 27.9 Å². The van der Waals surface area contributed by atoms with Gasteiger partial charge in [-0.3, -0.25) is 0 Å². The molecule has 2 rings (SSSR count). The second-order valence-corrected chi connectivity index (χ2v) is 5.68. The highest BCUT2D eigenvalue weighted by Gasteiger charge is 2.07. The molecule has 2 heteroatoms. The quantitative estimate of drug-likeness (QED) is 0.860. The molecule has 112 valence electrons. The summed E-state index contributed by atoms with van der Waals surface area (Å²) in [7, 11) is 2.17. The average molecular weight is 282 g/mol. The molecule has 1 N–H and O–H groups in total. The summed E-state index contributed by atoms with van der Waals surface area (Å²) in [5.41, 5.74) is 6.73. The third kappa shape index (κ3) is 4.08. The summed E-state index contributed by atoms with van der Waals surface area (Å²) in [6, 6.07) is 15.3. The van der Waals surface area contributed by atoms with Gasteiger partial charge in [-0.1, -0.05) is 43.3 Å². The number of hydrogen-bond acceptors (Lipinski definition) is 2. The maximum Gasteiger partial charge on any atom is 0.0428 e. The molecule has 2 aromatic carbocycles. The molecule has 0 fully saturated rings. The summed E-state index contributed by atoms with van der Waals surface area (Å²) in [6.45, 7) is 9.40. The van der Waals surface area contributed by atoms with Gasteiger partial charge in [-0.25, -0.2) is 0 Å². The van der Waals surface area contributed by atoms with Gasteiger partial charge in [-0.2, -0.15) is 0 Å². The summed E-state index contributed by atoms with van der Waals surface area (Å²) in [4.78, 5) is 2.33. The molecule has 0 unspecified atom stereocenters. The highest BCUT2D eigenvalue weighted by Crippen LogP contribution is 2.22. The Bertz CT molecular complexity index is 590. The summed E-state index contributed by atoms with van der Waals surface area (Å²) in [5, 5.41) is 3.37. The lowest BCUT2D eigenvalue weighted by Crippen LogP contribution is -2.18. The molecular weight excluding hydrogens is 256 g/mol. The minimum atomic E-state index is 0.944. The molecule has 0 spiro atoms. The van der Waals surface area contributed by atoms with E-state index in [0.717, 1.165) is 19.6 Å². The first kappa shape index (κ1) is 15.6. The van der Waals surface area contributed by atoms with Crippen LogP contribution in [-0.4, -0.2) is 13.6 Å². The molecule has 0 radical (unpaired) electrons. The van der Waals surface area contributed by atoms with Crippen LogP contribution in [0, 0.1) is 13.8 Å². The van der Waals surface area contributed by atoms with Crippen LogP contribution in [0.1, 0.15) is 29.2 Å². The lowest BCUT2D eigenvalue weighted by molar-refractivity contribution is 0.726. The van der Waals surface area contributed by atoms with E-state index in [1.54, 1.807) is 0 Å². The number of nitrogens with zero attached hydrogens (tertiary/aromatic N) is 1. The van der Waals surface area contributed by atoms with E-state index in [1.807, 2.05) is 0 Å². The number of hydrogen-bond donors (Lipinski definition) is 1. The smallest absolute Gasteiger partial charge is 0.0428 e. The van der Waals surface area contributed by atoms with E-state index in [2.05, 4.69) is 80.5 Å². The van der Waals surface area contributed by atoms with Crippen molar-refractivity contribution in [3.63, 3.8) is 0 Å². The molecule has 0 amide bonds. The molecule has 0 aromatic heterocycles. The van der Waals surface area contributed by atoms with Crippen molar-refractivity contribution in [3.8, 4) is 0 Å². The van der Waals surface area contributed by atoms with E-state index in [4.69, 9.17) is 0 Å². The van der Waals surface area contributed by atoms with Gasteiger partial charge in [0.15, 0.2) is 0 Å². The van der Waals surface area contributed by atoms with Gasteiger partial charge in [0.1, 0.15) is 0 Å². The van der Waals surface area contributed by atoms with Crippen molar-refractivity contribution < 1.29 is 0 Å². The second kappa shape index (κ2) is 7.28. The number of rotatable bonds is 6. The van der Waals surface area contributed by atoms with Crippen LogP contribution in [0.25, 0.3) is 0 Å². The van der Waals surface area contributed by atoms with Gasteiger partial charge in [0, 0.05) is 25.8 Å². The zero-order chi connectivity index (χ0) is 15.2. The summed E-state index contributed by atoms with van der Waals surface area (Å²) < 4.78 is 0. The molecule has 0 atom stereocenters. The van der Waals surface area contributed by atoms with Gasteiger partial charge in [0.05, 0.1) is 0 Å². The number of nitrogens with one attached hydrogen (secondary N) is 1. The Balaban J connectivity index is 2.12. The number of anilines is 1. The zero-order valence-electron chi connectivity index (χ0n) is 13.6. The van der Waals surface area contributed by atoms with E-state index in [-0.39, 0.29) is 0 Å². The topological polar surface area (TPSA) is 15.3 Å². The zero-order valence-corrected chi connectivity index (χ0v) is 13.6. The van der Waals surface area contributed by atoms with Crippen LogP contribution in [0.15, 0.2) is 42.5 Å². The summed E-state index contributed by atoms with van der Waals surface area (Å²) in [5.74, 6) is 0. The highest BCUT2D eigenvalue weighted by atomic mass is 15.1. The van der Waals surface area contributed by atoms with Crippen LogP contribution in [0.5, 0.6) is 0 Å². The molecule has 2 nitrogen and oxygen atoms in total. The average Bonchev–Trinajstić information content (AvgIpc) is 2.47.